The maximum atomic E-state index is 13.1. The minimum atomic E-state index is -0.0188. The van der Waals surface area contributed by atoms with E-state index in [1.807, 2.05) is 18.2 Å². The van der Waals surface area contributed by atoms with Gasteiger partial charge in [0.2, 0.25) is 5.91 Å². The third-order valence-electron chi connectivity index (χ3n) is 7.38. The molecule has 1 saturated heterocycles. The zero-order valence-electron chi connectivity index (χ0n) is 17.8. The average molecular weight is 402 g/mol. The molecule has 0 saturated carbocycles. The first-order valence-corrected chi connectivity index (χ1v) is 11.3. The molecular weight excluding hydrogens is 370 g/mol. The van der Waals surface area contributed by atoms with Crippen LogP contribution in [-0.2, 0) is 17.8 Å². The summed E-state index contributed by atoms with van der Waals surface area (Å²) in [7, 11) is 0. The molecule has 0 unspecified atom stereocenters. The van der Waals surface area contributed by atoms with E-state index in [1.165, 1.54) is 28.6 Å². The van der Waals surface area contributed by atoms with Gasteiger partial charge < -0.3 is 10.3 Å². The van der Waals surface area contributed by atoms with Crippen molar-refractivity contribution < 1.29 is 4.79 Å². The largest absolute Gasteiger partial charge is 0.357 e. The van der Waals surface area contributed by atoms with Crippen molar-refractivity contribution in [2.24, 2.45) is 5.41 Å². The summed E-state index contributed by atoms with van der Waals surface area (Å²) < 4.78 is 0. The van der Waals surface area contributed by atoms with Crippen LogP contribution in [0.2, 0.25) is 0 Å². The molecule has 4 heteroatoms. The normalized spacial score (nSPS) is 23.7. The van der Waals surface area contributed by atoms with Gasteiger partial charge in [-0.1, -0.05) is 55.5 Å². The van der Waals surface area contributed by atoms with Crippen LogP contribution >= 0.6 is 0 Å². The second-order valence-corrected chi connectivity index (χ2v) is 9.01. The topological polar surface area (TPSA) is 48.1 Å². The van der Waals surface area contributed by atoms with Crippen molar-refractivity contribution in [1.29, 1.82) is 0 Å². The molecule has 2 N–H and O–H groups in total. The SMILES string of the molecule is CC[C@]1(CC(=O)NCc2ccccc2)CCCN2CCc3c([nH]c4ccccc34)[C@@H]21. The van der Waals surface area contributed by atoms with Crippen molar-refractivity contribution in [3.05, 3.63) is 71.4 Å². The monoisotopic (exact) mass is 401 g/mol. The van der Waals surface area contributed by atoms with E-state index in [4.69, 9.17) is 0 Å². The van der Waals surface area contributed by atoms with Gasteiger partial charge in [-0.15, -0.1) is 0 Å². The summed E-state index contributed by atoms with van der Waals surface area (Å²) in [6, 6.07) is 19.1. The number of piperidine rings is 1. The van der Waals surface area contributed by atoms with Crippen LogP contribution in [0.25, 0.3) is 10.9 Å². The lowest BCUT2D eigenvalue weighted by Crippen LogP contribution is -2.50. The zero-order valence-corrected chi connectivity index (χ0v) is 17.8. The van der Waals surface area contributed by atoms with E-state index in [1.54, 1.807) is 0 Å². The Bertz CT molecular complexity index is 1040. The third-order valence-corrected chi connectivity index (χ3v) is 7.38. The number of fused-ring (bicyclic) bond motifs is 5. The van der Waals surface area contributed by atoms with Crippen LogP contribution in [0.5, 0.6) is 0 Å². The smallest absolute Gasteiger partial charge is 0.220 e. The lowest BCUT2D eigenvalue weighted by atomic mass is 9.66. The van der Waals surface area contributed by atoms with Crippen molar-refractivity contribution >= 4 is 16.8 Å². The average Bonchev–Trinajstić information content (AvgIpc) is 3.17. The summed E-state index contributed by atoms with van der Waals surface area (Å²) in [6.07, 6.45) is 4.98. The third kappa shape index (κ3) is 3.33. The fourth-order valence-electron chi connectivity index (χ4n) is 5.85. The van der Waals surface area contributed by atoms with Crippen molar-refractivity contribution in [3.8, 4) is 0 Å². The molecule has 156 valence electrons. The van der Waals surface area contributed by atoms with Gasteiger partial charge in [0.05, 0.1) is 6.04 Å². The highest BCUT2D eigenvalue weighted by Crippen LogP contribution is 2.53. The summed E-state index contributed by atoms with van der Waals surface area (Å²) in [4.78, 5) is 19.5. The van der Waals surface area contributed by atoms with Gasteiger partial charge in [-0.25, -0.2) is 0 Å². The molecule has 0 bridgehead atoms. The number of amides is 1. The maximum absolute atomic E-state index is 13.1. The van der Waals surface area contributed by atoms with Crippen LogP contribution in [-0.4, -0.2) is 28.9 Å². The Hall–Kier alpha value is -2.59. The molecule has 3 heterocycles. The number of nitrogens with zero attached hydrogens (tertiary/aromatic N) is 1. The number of para-hydroxylation sites is 1. The Labute approximate surface area is 178 Å². The molecule has 2 aliphatic rings. The molecule has 1 aromatic heterocycles. The van der Waals surface area contributed by atoms with E-state index < -0.39 is 0 Å². The first kappa shape index (κ1) is 19.4. The number of carbonyl (C=O) groups is 1. The van der Waals surface area contributed by atoms with Crippen molar-refractivity contribution in [1.82, 2.24) is 15.2 Å². The summed E-state index contributed by atoms with van der Waals surface area (Å²) in [5.74, 6) is 0.172. The van der Waals surface area contributed by atoms with Gasteiger partial charge >= 0.3 is 0 Å². The highest BCUT2D eigenvalue weighted by atomic mass is 16.1. The number of nitrogens with one attached hydrogen (secondary N) is 2. The van der Waals surface area contributed by atoms with Crippen LogP contribution in [0.3, 0.4) is 0 Å². The molecule has 5 rings (SSSR count). The van der Waals surface area contributed by atoms with Gasteiger partial charge in [-0.2, -0.15) is 0 Å². The minimum Gasteiger partial charge on any atom is -0.357 e. The standard InChI is InChI=1S/C26H31N3O/c1-2-26(17-23(30)27-18-19-9-4-3-5-10-19)14-8-15-29-16-13-21-20-11-6-7-12-22(20)28-24(21)25(26)29/h3-7,9-12,25,28H,2,8,13-18H2,1H3,(H,27,30)/t25-,26-/m1/s1. The number of aromatic nitrogens is 1. The van der Waals surface area contributed by atoms with E-state index in [-0.39, 0.29) is 11.3 Å². The molecule has 2 aliphatic heterocycles. The number of aromatic amines is 1. The second-order valence-electron chi connectivity index (χ2n) is 9.01. The predicted molar refractivity (Wildman–Crippen MR) is 121 cm³/mol. The van der Waals surface area contributed by atoms with E-state index in [0.717, 1.165) is 37.9 Å². The first-order valence-electron chi connectivity index (χ1n) is 11.3. The Morgan fingerprint density at radius 1 is 1.13 bits per heavy atom. The molecule has 4 nitrogen and oxygen atoms in total. The van der Waals surface area contributed by atoms with Gasteiger partial charge in [0.15, 0.2) is 0 Å². The summed E-state index contributed by atoms with van der Waals surface area (Å²) in [5, 5.41) is 4.54. The van der Waals surface area contributed by atoms with Crippen LogP contribution in [0.15, 0.2) is 54.6 Å². The zero-order chi connectivity index (χ0) is 20.6. The molecule has 0 aliphatic carbocycles. The van der Waals surface area contributed by atoms with Gasteiger partial charge in [0, 0.05) is 41.5 Å². The van der Waals surface area contributed by atoms with Crippen molar-refractivity contribution in [2.45, 2.75) is 51.6 Å². The van der Waals surface area contributed by atoms with Crippen molar-refractivity contribution in [3.63, 3.8) is 0 Å². The fraction of sp³-hybridized carbons (Fsp3) is 0.423. The molecule has 1 fully saturated rings. The van der Waals surface area contributed by atoms with Gasteiger partial charge in [-0.3, -0.25) is 9.69 Å². The van der Waals surface area contributed by atoms with Gasteiger partial charge in [-0.05, 0) is 49.4 Å². The predicted octanol–water partition coefficient (Wildman–Crippen LogP) is 4.96. The lowest BCUT2D eigenvalue weighted by Gasteiger charge is -2.51. The van der Waals surface area contributed by atoms with Crippen LogP contribution in [0.1, 0.15) is 55.5 Å². The highest BCUT2D eigenvalue weighted by molar-refractivity contribution is 5.85. The van der Waals surface area contributed by atoms with E-state index in [0.29, 0.717) is 19.0 Å². The molecule has 2 atom stereocenters. The Morgan fingerprint density at radius 3 is 2.77 bits per heavy atom. The van der Waals surface area contributed by atoms with E-state index in [9.17, 15) is 4.79 Å². The Morgan fingerprint density at radius 2 is 1.93 bits per heavy atom. The summed E-state index contributed by atoms with van der Waals surface area (Å²) >= 11 is 0. The quantitative estimate of drug-likeness (QED) is 0.634. The molecule has 2 aromatic carbocycles. The van der Waals surface area contributed by atoms with Gasteiger partial charge in [0.1, 0.15) is 0 Å². The summed E-state index contributed by atoms with van der Waals surface area (Å²) in [6.45, 7) is 5.09. The lowest BCUT2D eigenvalue weighted by molar-refractivity contribution is -0.127. The number of H-pyrrole nitrogens is 1. The van der Waals surface area contributed by atoms with Crippen LogP contribution in [0.4, 0.5) is 0 Å². The highest BCUT2D eigenvalue weighted by Gasteiger charge is 2.48. The van der Waals surface area contributed by atoms with Crippen LogP contribution < -0.4 is 5.32 Å². The van der Waals surface area contributed by atoms with Gasteiger partial charge in [0.25, 0.3) is 0 Å². The number of hydrogen-bond donors (Lipinski definition) is 2. The molecule has 30 heavy (non-hydrogen) atoms. The molecule has 3 aromatic rings. The molecule has 1 amide bonds. The fourth-order valence-corrected chi connectivity index (χ4v) is 5.85. The Balaban J connectivity index is 1.44. The van der Waals surface area contributed by atoms with E-state index >= 15 is 0 Å². The maximum Gasteiger partial charge on any atom is 0.220 e. The molecule has 0 radical (unpaired) electrons. The number of benzene rings is 2. The number of carbonyl (C=O) groups excluding carboxylic acids is 1. The Kier molecular flexibility index (Phi) is 5.11. The number of rotatable bonds is 5. The van der Waals surface area contributed by atoms with E-state index in [2.05, 4.69) is 58.5 Å². The molecule has 0 spiro atoms. The van der Waals surface area contributed by atoms with Crippen LogP contribution in [0, 0.1) is 5.41 Å². The number of hydrogen-bond acceptors (Lipinski definition) is 2. The molecular formula is C26H31N3O. The second kappa shape index (κ2) is 7.92. The minimum absolute atomic E-state index is 0.0188. The van der Waals surface area contributed by atoms with Crippen molar-refractivity contribution in [2.75, 3.05) is 13.1 Å². The first-order chi connectivity index (χ1) is 14.7. The summed E-state index contributed by atoms with van der Waals surface area (Å²) in [5.41, 5.74) is 5.19.